The number of hydrogen-bond acceptors (Lipinski definition) is 4. The Morgan fingerprint density at radius 2 is 2.10 bits per heavy atom. The van der Waals surface area contributed by atoms with Gasteiger partial charge in [0.2, 0.25) is 5.91 Å². The van der Waals surface area contributed by atoms with Gasteiger partial charge in [0, 0.05) is 24.0 Å². The molecule has 1 atom stereocenters. The van der Waals surface area contributed by atoms with E-state index in [1.165, 1.54) is 19.4 Å². The number of rotatable bonds is 6. The molecule has 2 aromatic carbocycles. The molecule has 2 heterocycles. The fraction of sp³-hybridized carbons (Fsp3) is 0.417. The summed E-state index contributed by atoms with van der Waals surface area (Å²) in [4.78, 5) is 16.9. The van der Waals surface area contributed by atoms with Crippen molar-refractivity contribution in [1.29, 1.82) is 5.26 Å². The van der Waals surface area contributed by atoms with Crippen molar-refractivity contribution in [2.45, 2.75) is 45.1 Å². The summed E-state index contributed by atoms with van der Waals surface area (Å²) in [5.74, 6) is 0.836. The Labute approximate surface area is 182 Å². The zero-order valence-electron chi connectivity index (χ0n) is 17.2. The van der Waals surface area contributed by atoms with Gasteiger partial charge in [-0.15, -0.1) is 0 Å². The van der Waals surface area contributed by atoms with Crippen molar-refractivity contribution in [2.24, 2.45) is 0 Å². The number of carbonyl (C=O) groups is 1. The van der Waals surface area contributed by atoms with Crippen LogP contribution in [-0.4, -0.2) is 36.5 Å². The molecule has 30 heavy (non-hydrogen) atoms. The summed E-state index contributed by atoms with van der Waals surface area (Å²) >= 11 is 6.16. The minimum atomic E-state index is 0.00191. The molecule has 0 aromatic heterocycles. The van der Waals surface area contributed by atoms with E-state index in [1.807, 2.05) is 18.2 Å². The Hall–Kier alpha value is -2.55. The van der Waals surface area contributed by atoms with E-state index in [0.717, 1.165) is 30.0 Å². The van der Waals surface area contributed by atoms with E-state index in [1.54, 1.807) is 23.1 Å². The smallest absolute Gasteiger partial charge is 0.231 e. The molecule has 1 saturated heterocycles. The predicted molar refractivity (Wildman–Crippen MR) is 118 cm³/mol. The van der Waals surface area contributed by atoms with Gasteiger partial charge in [-0.3, -0.25) is 9.69 Å². The lowest BCUT2D eigenvalue weighted by atomic mass is 9.99. The van der Waals surface area contributed by atoms with E-state index < -0.39 is 0 Å². The van der Waals surface area contributed by atoms with Crippen LogP contribution in [0.5, 0.6) is 5.75 Å². The van der Waals surface area contributed by atoms with Crippen LogP contribution < -0.4 is 9.64 Å². The number of fused-ring (bicyclic) bond motifs is 1. The second kappa shape index (κ2) is 9.07. The van der Waals surface area contributed by atoms with Crippen molar-refractivity contribution in [2.75, 3.05) is 24.6 Å². The lowest BCUT2D eigenvalue weighted by molar-refractivity contribution is -0.118. The Bertz CT molecular complexity index is 985. The number of nitrogens with zero attached hydrogens (tertiary/aromatic N) is 3. The van der Waals surface area contributed by atoms with Gasteiger partial charge in [-0.2, -0.15) is 5.26 Å². The standard InChI is InChI=1S/C24H26ClN3O2/c1-17-4-2-9-27(17)10-3-11-30-22-6-7-23-19(14-22)5-8-24(29)28(23)21-13-18(16-26)12-20(25)15-21/h6-7,12-15,17H,2-5,8-11H2,1H3/t17-/m1/s1. The van der Waals surface area contributed by atoms with Crippen molar-refractivity contribution in [3.63, 3.8) is 0 Å². The topological polar surface area (TPSA) is 56.6 Å². The highest BCUT2D eigenvalue weighted by Gasteiger charge is 2.26. The number of amides is 1. The van der Waals surface area contributed by atoms with Gasteiger partial charge in [0.05, 0.1) is 29.6 Å². The molecule has 1 fully saturated rings. The lowest BCUT2D eigenvalue weighted by Gasteiger charge is -2.30. The molecule has 0 bridgehead atoms. The van der Waals surface area contributed by atoms with Crippen molar-refractivity contribution in [1.82, 2.24) is 4.90 Å². The lowest BCUT2D eigenvalue weighted by Crippen LogP contribution is -2.30. The van der Waals surface area contributed by atoms with Crippen molar-refractivity contribution in [3.05, 3.63) is 52.5 Å². The van der Waals surface area contributed by atoms with Crippen LogP contribution in [0.2, 0.25) is 5.02 Å². The molecule has 4 rings (SSSR count). The molecule has 0 aliphatic carbocycles. The molecule has 0 unspecified atom stereocenters. The third kappa shape index (κ3) is 4.45. The molecule has 5 nitrogen and oxygen atoms in total. The molecule has 2 aliphatic heterocycles. The average Bonchev–Trinajstić information content (AvgIpc) is 3.15. The highest BCUT2D eigenvalue weighted by molar-refractivity contribution is 6.31. The monoisotopic (exact) mass is 423 g/mol. The first-order valence-electron chi connectivity index (χ1n) is 10.6. The first-order chi connectivity index (χ1) is 14.5. The van der Waals surface area contributed by atoms with E-state index in [9.17, 15) is 10.1 Å². The number of carbonyl (C=O) groups excluding carboxylic acids is 1. The van der Waals surface area contributed by atoms with Gasteiger partial charge in [0.25, 0.3) is 0 Å². The van der Waals surface area contributed by atoms with Gasteiger partial charge in [-0.05, 0) is 81.1 Å². The van der Waals surface area contributed by atoms with Crippen LogP contribution in [0.1, 0.15) is 43.7 Å². The maximum Gasteiger partial charge on any atom is 0.231 e. The fourth-order valence-corrected chi connectivity index (χ4v) is 4.62. The first kappa shape index (κ1) is 20.7. The summed E-state index contributed by atoms with van der Waals surface area (Å²) in [6.45, 7) is 5.25. The van der Waals surface area contributed by atoms with Crippen molar-refractivity contribution < 1.29 is 9.53 Å². The van der Waals surface area contributed by atoms with E-state index in [2.05, 4.69) is 17.9 Å². The highest BCUT2D eigenvalue weighted by Crippen LogP contribution is 2.37. The first-order valence-corrected chi connectivity index (χ1v) is 11.0. The quantitative estimate of drug-likeness (QED) is 0.608. The summed E-state index contributed by atoms with van der Waals surface area (Å²) in [7, 11) is 0. The molecule has 0 N–H and O–H groups in total. The Morgan fingerprint density at radius 1 is 1.23 bits per heavy atom. The van der Waals surface area contributed by atoms with Crippen LogP contribution in [0, 0.1) is 11.3 Å². The van der Waals surface area contributed by atoms with Crippen LogP contribution in [0.4, 0.5) is 11.4 Å². The number of anilines is 2. The molecule has 156 valence electrons. The summed E-state index contributed by atoms with van der Waals surface area (Å²) in [6.07, 6.45) is 4.69. The molecular formula is C24H26ClN3O2. The van der Waals surface area contributed by atoms with Gasteiger partial charge in [0.15, 0.2) is 0 Å². The summed E-state index contributed by atoms with van der Waals surface area (Å²) in [5.41, 5.74) is 2.96. The molecule has 2 aliphatic rings. The Kier molecular flexibility index (Phi) is 6.26. The number of aryl methyl sites for hydroxylation is 1. The van der Waals surface area contributed by atoms with Gasteiger partial charge in [-0.1, -0.05) is 11.6 Å². The molecular weight excluding hydrogens is 398 g/mol. The molecule has 0 radical (unpaired) electrons. The van der Waals surface area contributed by atoms with Gasteiger partial charge >= 0.3 is 0 Å². The largest absolute Gasteiger partial charge is 0.494 e. The van der Waals surface area contributed by atoms with Crippen molar-refractivity contribution in [3.8, 4) is 11.8 Å². The molecule has 6 heteroatoms. The van der Waals surface area contributed by atoms with Crippen molar-refractivity contribution >= 4 is 28.9 Å². The number of ether oxygens (including phenoxy) is 1. The van der Waals surface area contributed by atoms with Crippen LogP contribution >= 0.6 is 11.6 Å². The maximum absolute atomic E-state index is 12.7. The Morgan fingerprint density at radius 3 is 2.87 bits per heavy atom. The van der Waals surface area contributed by atoms with E-state index in [4.69, 9.17) is 16.3 Å². The SMILES string of the molecule is C[C@@H]1CCCN1CCCOc1ccc2c(c1)CCC(=O)N2c1cc(Cl)cc(C#N)c1. The second-order valence-electron chi connectivity index (χ2n) is 8.06. The number of halogens is 1. The second-order valence-corrected chi connectivity index (χ2v) is 8.50. The van der Waals surface area contributed by atoms with Crippen LogP contribution in [0.15, 0.2) is 36.4 Å². The van der Waals surface area contributed by atoms with Crippen LogP contribution in [0.25, 0.3) is 0 Å². The molecule has 0 saturated carbocycles. The molecule has 2 aromatic rings. The van der Waals surface area contributed by atoms with Gasteiger partial charge in [-0.25, -0.2) is 0 Å². The summed E-state index contributed by atoms with van der Waals surface area (Å²) < 4.78 is 6.00. The van der Waals surface area contributed by atoms with Gasteiger partial charge in [0.1, 0.15) is 5.75 Å². The number of likely N-dealkylation sites (tertiary alicyclic amines) is 1. The maximum atomic E-state index is 12.7. The van der Waals surface area contributed by atoms with Crippen LogP contribution in [0.3, 0.4) is 0 Å². The fourth-order valence-electron chi connectivity index (χ4n) is 4.39. The third-order valence-corrected chi connectivity index (χ3v) is 6.19. The minimum absolute atomic E-state index is 0.00191. The number of benzene rings is 2. The number of hydrogen-bond donors (Lipinski definition) is 0. The third-order valence-electron chi connectivity index (χ3n) is 5.97. The van der Waals surface area contributed by atoms with Gasteiger partial charge < -0.3 is 9.64 Å². The minimum Gasteiger partial charge on any atom is -0.494 e. The molecule has 0 spiro atoms. The molecule has 1 amide bonds. The van der Waals surface area contributed by atoms with E-state index in [0.29, 0.717) is 41.8 Å². The zero-order chi connectivity index (χ0) is 21.1. The summed E-state index contributed by atoms with van der Waals surface area (Å²) in [5, 5.41) is 9.68. The zero-order valence-corrected chi connectivity index (χ0v) is 18.0. The summed E-state index contributed by atoms with van der Waals surface area (Å²) in [6, 6.07) is 13.7. The van der Waals surface area contributed by atoms with E-state index >= 15 is 0 Å². The highest BCUT2D eigenvalue weighted by atomic mass is 35.5. The van der Waals surface area contributed by atoms with E-state index in [-0.39, 0.29) is 5.91 Å². The average molecular weight is 424 g/mol. The number of nitriles is 1. The normalized spacial score (nSPS) is 18.9. The van der Waals surface area contributed by atoms with Crippen LogP contribution in [-0.2, 0) is 11.2 Å². The Balaban J connectivity index is 1.46. The predicted octanol–water partition coefficient (Wildman–Crippen LogP) is 5.08.